The molecule has 2 N–H and O–H groups in total. The van der Waals surface area contributed by atoms with Crippen molar-refractivity contribution in [3.63, 3.8) is 0 Å². The molecule has 174 valence electrons. The maximum absolute atomic E-state index is 12.7. The van der Waals surface area contributed by atoms with Gasteiger partial charge in [-0.2, -0.15) is 0 Å². The van der Waals surface area contributed by atoms with Gasteiger partial charge in [-0.25, -0.2) is 0 Å². The molecule has 2 rings (SSSR count). The normalized spacial score (nSPS) is 23.2. The largest absolute Gasteiger partial charge is 0.391 e. The van der Waals surface area contributed by atoms with Gasteiger partial charge in [0.15, 0.2) is 0 Å². The van der Waals surface area contributed by atoms with E-state index in [1.54, 1.807) is 7.11 Å². The van der Waals surface area contributed by atoms with E-state index in [0.717, 1.165) is 64.3 Å². The Hall–Kier alpha value is -1.14. The van der Waals surface area contributed by atoms with E-state index in [4.69, 9.17) is 4.74 Å². The summed E-state index contributed by atoms with van der Waals surface area (Å²) >= 11 is 0. The number of aliphatic hydroxyl groups excluding tert-OH is 1. The standard InChI is InChI=1S/C24H44N2O4/c1-4-5-6-10-15-23(28)26-16-11-14-20(26)21(30-3)17-22(27)25-18(2)24(29)19-12-8-7-9-13-19/h18-21,24,29H,4-17H2,1-3H3,(H,25,27)/t18-,20+,21-,24-/m1/s1. The molecule has 1 aliphatic heterocycles. The Labute approximate surface area is 183 Å². The second-order valence-electron chi connectivity index (χ2n) is 9.33. The molecule has 1 aliphatic carbocycles. The maximum Gasteiger partial charge on any atom is 0.222 e. The van der Waals surface area contributed by atoms with E-state index in [2.05, 4.69) is 12.2 Å². The third-order valence-electron chi connectivity index (χ3n) is 7.02. The fourth-order valence-electron chi connectivity index (χ4n) is 5.18. The topological polar surface area (TPSA) is 78.9 Å². The molecule has 2 amide bonds. The van der Waals surface area contributed by atoms with Crippen LogP contribution in [0.3, 0.4) is 0 Å². The summed E-state index contributed by atoms with van der Waals surface area (Å²) in [5, 5.41) is 13.6. The number of rotatable bonds is 12. The first-order valence-electron chi connectivity index (χ1n) is 12.3. The zero-order valence-electron chi connectivity index (χ0n) is 19.4. The molecule has 0 radical (unpaired) electrons. The smallest absolute Gasteiger partial charge is 0.222 e. The van der Waals surface area contributed by atoms with Crippen molar-refractivity contribution in [2.75, 3.05) is 13.7 Å². The van der Waals surface area contributed by atoms with Crippen LogP contribution in [0.15, 0.2) is 0 Å². The molecule has 0 aromatic heterocycles. The summed E-state index contributed by atoms with van der Waals surface area (Å²) < 4.78 is 5.67. The Morgan fingerprint density at radius 2 is 1.83 bits per heavy atom. The number of carbonyl (C=O) groups is 2. The van der Waals surface area contributed by atoms with Crippen LogP contribution in [0.1, 0.15) is 97.3 Å². The number of carbonyl (C=O) groups excluding carboxylic acids is 2. The van der Waals surface area contributed by atoms with Crippen LogP contribution >= 0.6 is 0 Å². The number of likely N-dealkylation sites (tertiary alicyclic amines) is 1. The molecular weight excluding hydrogens is 380 g/mol. The predicted molar refractivity (Wildman–Crippen MR) is 119 cm³/mol. The third-order valence-corrected chi connectivity index (χ3v) is 7.02. The van der Waals surface area contributed by atoms with E-state index >= 15 is 0 Å². The first-order valence-corrected chi connectivity index (χ1v) is 12.3. The van der Waals surface area contributed by atoms with E-state index < -0.39 is 6.10 Å². The molecule has 1 saturated carbocycles. The Bertz CT molecular complexity index is 521. The van der Waals surface area contributed by atoms with Crippen LogP contribution < -0.4 is 5.32 Å². The quantitative estimate of drug-likeness (QED) is 0.467. The number of nitrogens with one attached hydrogen (secondary N) is 1. The average molecular weight is 425 g/mol. The highest BCUT2D eigenvalue weighted by Crippen LogP contribution is 2.28. The number of methoxy groups -OCH3 is 1. The molecule has 2 fully saturated rings. The highest BCUT2D eigenvalue weighted by Gasteiger charge is 2.36. The van der Waals surface area contributed by atoms with Crippen molar-refractivity contribution in [2.24, 2.45) is 5.92 Å². The molecule has 2 aliphatic rings. The number of unbranched alkanes of at least 4 members (excludes halogenated alkanes) is 3. The fraction of sp³-hybridized carbons (Fsp3) is 0.917. The van der Waals surface area contributed by atoms with Crippen LogP contribution in [0.5, 0.6) is 0 Å². The highest BCUT2D eigenvalue weighted by atomic mass is 16.5. The van der Waals surface area contributed by atoms with Gasteiger partial charge in [-0.3, -0.25) is 9.59 Å². The number of hydrogen-bond donors (Lipinski definition) is 2. The minimum Gasteiger partial charge on any atom is -0.391 e. The summed E-state index contributed by atoms with van der Waals surface area (Å²) in [4.78, 5) is 27.3. The van der Waals surface area contributed by atoms with Crippen molar-refractivity contribution >= 4 is 11.8 Å². The van der Waals surface area contributed by atoms with Gasteiger partial charge < -0.3 is 20.1 Å². The fourth-order valence-corrected chi connectivity index (χ4v) is 5.18. The zero-order valence-corrected chi connectivity index (χ0v) is 19.4. The molecule has 0 aromatic carbocycles. The molecule has 1 heterocycles. The second-order valence-corrected chi connectivity index (χ2v) is 9.33. The molecule has 30 heavy (non-hydrogen) atoms. The molecule has 1 saturated heterocycles. The third kappa shape index (κ3) is 7.52. The lowest BCUT2D eigenvalue weighted by atomic mass is 9.83. The van der Waals surface area contributed by atoms with Gasteiger partial charge in [0.2, 0.25) is 11.8 Å². The van der Waals surface area contributed by atoms with Crippen LogP contribution in [-0.2, 0) is 14.3 Å². The Kier molecular flexibility index (Phi) is 11.1. The first kappa shape index (κ1) is 25.1. The number of nitrogens with zero attached hydrogens (tertiary/aromatic N) is 1. The summed E-state index contributed by atoms with van der Waals surface area (Å²) in [6.07, 6.45) is 11.9. The monoisotopic (exact) mass is 424 g/mol. The molecular formula is C24H44N2O4. The molecule has 0 bridgehead atoms. The Morgan fingerprint density at radius 1 is 1.10 bits per heavy atom. The predicted octanol–water partition coefficient (Wildman–Crippen LogP) is 3.80. The van der Waals surface area contributed by atoms with Gasteiger partial charge in [-0.1, -0.05) is 45.4 Å². The van der Waals surface area contributed by atoms with E-state index in [0.29, 0.717) is 6.42 Å². The van der Waals surface area contributed by atoms with E-state index in [1.807, 2.05) is 11.8 Å². The van der Waals surface area contributed by atoms with Gasteiger partial charge in [-0.15, -0.1) is 0 Å². The van der Waals surface area contributed by atoms with Crippen LogP contribution in [-0.4, -0.2) is 59.8 Å². The number of ether oxygens (including phenoxy) is 1. The van der Waals surface area contributed by atoms with Gasteiger partial charge in [-0.05, 0) is 44.9 Å². The zero-order chi connectivity index (χ0) is 21.9. The van der Waals surface area contributed by atoms with Crippen molar-refractivity contribution in [1.29, 1.82) is 0 Å². The number of hydrogen-bond acceptors (Lipinski definition) is 4. The number of aliphatic hydroxyl groups is 1. The van der Waals surface area contributed by atoms with E-state index in [-0.39, 0.29) is 42.3 Å². The van der Waals surface area contributed by atoms with Crippen molar-refractivity contribution in [3.8, 4) is 0 Å². The van der Waals surface area contributed by atoms with Gasteiger partial charge in [0.05, 0.1) is 30.7 Å². The summed E-state index contributed by atoms with van der Waals surface area (Å²) in [6.45, 7) is 4.82. The lowest BCUT2D eigenvalue weighted by molar-refractivity contribution is -0.137. The van der Waals surface area contributed by atoms with Crippen LogP contribution in [0.25, 0.3) is 0 Å². The molecule has 6 nitrogen and oxygen atoms in total. The maximum atomic E-state index is 12.7. The average Bonchev–Trinajstić information content (AvgIpc) is 3.24. The van der Waals surface area contributed by atoms with Crippen LogP contribution in [0, 0.1) is 5.92 Å². The minimum absolute atomic E-state index is 0.0296. The molecule has 4 atom stereocenters. The van der Waals surface area contributed by atoms with E-state index in [9.17, 15) is 14.7 Å². The molecule has 6 heteroatoms. The summed E-state index contributed by atoms with van der Waals surface area (Å²) in [7, 11) is 1.63. The van der Waals surface area contributed by atoms with Gasteiger partial charge >= 0.3 is 0 Å². The Balaban J connectivity index is 1.83. The molecule has 0 spiro atoms. The highest BCUT2D eigenvalue weighted by molar-refractivity contribution is 5.78. The first-order chi connectivity index (χ1) is 14.5. The lowest BCUT2D eigenvalue weighted by Crippen LogP contribution is -2.48. The molecule has 0 unspecified atom stereocenters. The summed E-state index contributed by atoms with van der Waals surface area (Å²) in [5.74, 6) is 0.367. The van der Waals surface area contributed by atoms with Crippen molar-refractivity contribution < 1.29 is 19.4 Å². The van der Waals surface area contributed by atoms with Crippen molar-refractivity contribution in [3.05, 3.63) is 0 Å². The molecule has 0 aromatic rings. The minimum atomic E-state index is -0.497. The van der Waals surface area contributed by atoms with Crippen LogP contribution in [0.4, 0.5) is 0 Å². The summed E-state index contributed by atoms with van der Waals surface area (Å²) in [5.41, 5.74) is 0. The van der Waals surface area contributed by atoms with Crippen molar-refractivity contribution in [2.45, 2.75) is 122 Å². The SMILES string of the molecule is CCCCCCC(=O)N1CCC[C@H]1[C@@H](CC(=O)N[C@H](C)[C@@H](O)C1CCCCC1)OC. The van der Waals surface area contributed by atoms with E-state index in [1.165, 1.54) is 12.8 Å². The lowest BCUT2D eigenvalue weighted by Gasteiger charge is -2.33. The second kappa shape index (κ2) is 13.3. The van der Waals surface area contributed by atoms with Gasteiger partial charge in [0.1, 0.15) is 0 Å². The summed E-state index contributed by atoms with van der Waals surface area (Å²) in [6, 6.07) is -0.295. The van der Waals surface area contributed by atoms with Gasteiger partial charge in [0, 0.05) is 20.1 Å². The van der Waals surface area contributed by atoms with Crippen LogP contribution in [0.2, 0.25) is 0 Å². The Morgan fingerprint density at radius 3 is 2.50 bits per heavy atom. The number of amides is 2. The van der Waals surface area contributed by atoms with Crippen molar-refractivity contribution in [1.82, 2.24) is 10.2 Å². The van der Waals surface area contributed by atoms with Gasteiger partial charge in [0.25, 0.3) is 0 Å².